The van der Waals surface area contributed by atoms with Gasteiger partial charge in [-0.25, -0.2) is 0 Å². The first kappa shape index (κ1) is 20.0. The van der Waals surface area contributed by atoms with Crippen molar-refractivity contribution in [2.75, 3.05) is 6.61 Å². The maximum Gasteiger partial charge on any atom is 0.305 e. The summed E-state index contributed by atoms with van der Waals surface area (Å²) in [5.41, 5.74) is 0. The molecule has 0 aromatic carbocycles. The number of carbonyl (C=O) groups excluding carboxylic acids is 4. The molecule has 10 nitrogen and oxygen atoms in total. The summed E-state index contributed by atoms with van der Waals surface area (Å²) >= 11 is 0. The fourth-order valence-electron chi connectivity index (χ4n) is 2.40. The Hall–Kier alpha value is -2.04. The molecule has 0 amide bonds. The predicted molar refractivity (Wildman–Crippen MR) is 74.3 cm³/mol. The second-order valence-corrected chi connectivity index (χ2v) is 5.31. The Balaban J connectivity index is 3.36. The van der Waals surface area contributed by atoms with E-state index in [-0.39, 0.29) is 0 Å². The van der Waals surface area contributed by atoms with Gasteiger partial charge in [-0.3, -0.25) is 19.2 Å². The molecule has 1 heterocycles. The molecule has 1 rings (SSSR count). The average molecular weight is 348 g/mol. The summed E-state index contributed by atoms with van der Waals surface area (Å²) in [6.07, 6.45) is -6.52. The summed E-state index contributed by atoms with van der Waals surface area (Å²) in [6, 6.07) is 0. The highest BCUT2D eigenvalue weighted by molar-refractivity contribution is 5.82. The third-order valence-corrected chi connectivity index (χ3v) is 3.25. The first-order valence-corrected chi connectivity index (χ1v) is 7.05. The smallest absolute Gasteiger partial charge is 0.305 e. The van der Waals surface area contributed by atoms with Crippen molar-refractivity contribution in [3.8, 4) is 0 Å². The summed E-state index contributed by atoms with van der Waals surface area (Å²) < 4.78 is 20.0. The van der Waals surface area contributed by atoms with Gasteiger partial charge in [-0.1, -0.05) is 0 Å². The topological polar surface area (TPSA) is 146 Å². The van der Waals surface area contributed by atoms with E-state index in [0.717, 1.165) is 27.7 Å². The molecule has 5 atom stereocenters. The monoisotopic (exact) mass is 348 g/mol. The highest BCUT2D eigenvalue weighted by Gasteiger charge is 2.60. The number of carbonyl (C=O) groups is 4. The van der Waals surface area contributed by atoms with Gasteiger partial charge in [0.05, 0.1) is 0 Å². The van der Waals surface area contributed by atoms with Crippen molar-refractivity contribution in [1.82, 2.24) is 0 Å². The van der Waals surface area contributed by atoms with Crippen LogP contribution in [0.5, 0.6) is 0 Å². The Morgan fingerprint density at radius 1 is 0.958 bits per heavy atom. The van der Waals surface area contributed by atoms with Crippen molar-refractivity contribution in [2.24, 2.45) is 0 Å². The lowest BCUT2D eigenvalue weighted by Crippen LogP contribution is -2.69. The second-order valence-electron chi connectivity index (χ2n) is 5.31. The number of aliphatic hydroxyl groups excluding tert-OH is 2. The Morgan fingerprint density at radius 3 is 1.83 bits per heavy atom. The summed E-state index contributed by atoms with van der Waals surface area (Å²) in [7, 11) is 0. The zero-order valence-corrected chi connectivity index (χ0v) is 13.7. The molecule has 0 unspecified atom stereocenters. The van der Waals surface area contributed by atoms with Crippen LogP contribution in [0.3, 0.4) is 0 Å². The Morgan fingerprint density at radius 2 is 1.46 bits per heavy atom. The molecule has 0 spiro atoms. The van der Waals surface area contributed by atoms with E-state index in [9.17, 15) is 29.4 Å². The van der Waals surface area contributed by atoms with Crippen LogP contribution >= 0.6 is 0 Å². The minimum atomic E-state index is -2.35. The number of aliphatic hydroxyl groups is 2. The van der Waals surface area contributed by atoms with Gasteiger partial charge in [-0.2, -0.15) is 0 Å². The highest BCUT2D eigenvalue weighted by Crippen LogP contribution is 2.35. The van der Waals surface area contributed by atoms with Crippen molar-refractivity contribution in [3.63, 3.8) is 0 Å². The highest BCUT2D eigenvalue weighted by atomic mass is 16.8. The second kappa shape index (κ2) is 7.69. The van der Waals surface area contributed by atoms with Crippen LogP contribution in [0.4, 0.5) is 0 Å². The van der Waals surface area contributed by atoms with Gasteiger partial charge in [-0.05, 0) is 6.92 Å². The predicted octanol–water partition coefficient (Wildman–Crippen LogP) is -1.55. The molecule has 0 bridgehead atoms. The third kappa shape index (κ3) is 4.28. The maximum atomic E-state index is 11.9. The molecule has 1 fully saturated rings. The molecule has 24 heavy (non-hydrogen) atoms. The molecule has 0 aromatic rings. The van der Waals surface area contributed by atoms with Crippen molar-refractivity contribution >= 4 is 23.7 Å². The molecule has 1 aliphatic rings. The first-order valence-electron chi connectivity index (χ1n) is 7.05. The summed E-state index contributed by atoms with van der Waals surface area (Å²) in [4.78, 5) is 45.7. The van der Waals surface area contributed by atoms with Crippen LogP contribution < -0.4 is 0 Å². The Bertz CT molecular complexity index is 530. The summed E-state index contributed by atoms with van der Waals surface area (Å²) in [5.74, 6) is -5.59. The fourth-order valence-corrected chi connectivity index (χ4v) is 2.40. The largest absolute Gasteiger partial charge is 0.455 e. The van der Waals surface area contributed by atoms with Gasteiger partial charge in [-0.15, -0.1) is 0 Å². The Labute approximate surface area is 137 Å². The number of rotatable bonds is 5. The molecule has 136 valence electrons. The van der Waals surface area contributed by atoms with Gasteiger partial charge >= 0.3 is 17.9 Å². The number of esters is 3. The van der Waals surface area contributed by atoms with Crippen LogP contribution in [0.15, 0.2) is 0 Å². The van der Waals surface area contributed by atoms with Crippen LogP contribution in [0, 0.1) is 0 Å². The maximum absolute atomic E-state index is 11.9. The van der Waals surface area contributed by atoms with E-state index in [1.807, 2.05) is 0 Å². The molecule has 0 saturated carbocycles. The molecule has 0 aliphatic carbocycles. The Kier molecular flexibility index (Phi) is 6.41. The van der Waals surface area contributed by atoms with Crippen molar-refractivity contribution in [2.45, 2.75) is 57.9 Å². The molecule has 2 N–H and O–H groups in total. The summed E-state index contributed by atoms with van der Waals surface area (Å²) in [6.45, 7) is 3.15. The average Bonchev–Trinajstić information content (AvgIpc) is 2.44. The normalized spacial score (nSPS) is 32.6. The number of Topliss-reactive ketones (excluding diaryl/α,β-unsaturated/α-hetero) is 1. The van der Waals surface area contributed by atoms with Crippen molar-refractivity contribution < 1.29 is 48.3 Å². The number of ketones is 1. The SMILES string of the molecule is CC(=O)O[C@H]1[C@H](OC(C)=O)[C@@H](O)[C@](CO)(OC(C)=O)O[C@@H]1C(C)=O. The molecule has 1 aliphatic heterocycles. The van der Waals surface area contributed by atoms with E-state index in [0.29, 0.717) is 0 Å². The quantitative estimate of drug-likeness (QED) is 0.442. The molecular formula is C14H20O10. The molecule has 10 heteroatoms. The molecular weight excluding hydrogens is 328 g/mol. The number of hydrogen-bond donors (Lipinski definition) is 2. The van der Waals surface area contributed by atoms with E-state index in [4.69, 9.17) is 18.9 Å². The van der Waals surface area contributed by atoms with E-state index in [1.54, 1.807) is 0 Å². The van der Waals surface area contributed by atoms with E-state index >= 15 is 0 Å². The zero-order chi connectivity index (χ0) is 18.7. The standard InChI is InChI=1S/C14H20O10/c1-6(16)10-11(21-7(2)17)12(22-8(3)18)13(20)14(5-15,24-10)23-9(4)19/h10-13,15,20H,5H2,1-4H3/t10-,11-,12+,13-,14-/m1/s1. The van der Waals surface area contributed by atoms with Gasteiger partial charge in [0.2, 0.25) is 0 Å². The zero-order valence-electron chi connectivity index (χ0n) is 13.7. The van der Waals surface area contributed by atoms with Gasteiger partial charge in [0.25, 0.3) is 5.79 Å². The van der Waals surface area contributed by atoms with Crippen molar-refractivity contribution in [1.29, 1.82) is 0 Å². The van der Waals surface area contributed by atoms with Crippen LogP contribution in [-0.4, -0.2) is 70.7 Å². The number of ether oxygens (including phenoxy) is 4. The number of hydrogen-bond acceptors (Lipinski definition) is 10. The first-order chi connectivity index (χ1) is 11.0. The van der Waals surface area contributed by atoms with Crippen molar-refractivity contribution in [3.05, 3.63) is 0 Å². The van der Waals surface area contributed by atoms with Gasteiger partial charge in [0.1, 0.15) is 6.61 Å². The van der Waals surface area contributed by atoms with Crippen LogP contribution in [0.25, 0.3) is 0 Å². The van der Waals surface area contributed by atoms with Gasteiger partial charge < -0.3 is 29.2 Å². The van der Waals surface area contributed by atoms with Crippen LogP contribution in [-0.2, 0) is 38.1 Å². The lowest BCUT2D eigenvalue weighted by atomic mass is 9.90. The van der Waals surface area contributed by atoms with Gasteiger partial charge in [0.15, 0.2) is 30.2 Å². The van der Waals surface area contributed by atoms with Crippen LogP contribution in [0.1, 0.15) is 27.7 Å². The van der Waals surface area contributed by atoms with E-state index in [1.165, 1.54) is 0 Å². The minimum Gasteiger partial charge on any atom is -0.455 e. The van der Waals surface area contributed by atoms with E-state index in [2.05, 4.69) is 0 Å². The molecule has 1 saturated heterocycles. The minimum absolute atomic E-state index is 0.657. The van der Waals surface area contributed by atoms with Gasteiger partial charge in [0, 0.05) is 20.8 Å². The fraction of sp³-hybridized carbons (Fsp3) is 0.714. The lowest BCUT2D eigenvalue weighted by Gasteiger charge is -2.47. The van der Waals surface area contributed by atoms with E-state index < -0.39 is 60.5 Å². The molecule has 0 aromatic heterocycles. The molecule has 0 radical (unpaired) electrons. The summed E-state index contributed by atoms with van der Waals surface area (Å²) in [5, 5.41) is 20.0. The van der Waals surface area contributed by atoms with Crippen LogP contribution in [0.2, 0.25) is 0 Å². The lowest BCUT2D eigenvalue weighted by molar-refractivity contribution is -0.351. The third-order valence-electron chi connectivity index (χ3n) is 3.25.